The van der Waals surface area contributed by atoms with Crippen molar-refractivity contribution >= 4 is 0 Å². The van der Waals surface area contributed by atoms with Crippen molar-refractivity contribution in [2.45, 2.75) is 64.1 Å². The second-order valence-corrected chi connectivity index (χ2v) is 5.77. The van der Waals surface area contributed by atoms with Crippen LogP contribution in [0, 0.1) is 0 Å². The number of hydrazine groups is 1. The fourth-order valence-electron chi connectivity index (χ4n) is 3.16. The lowest BCUT2D eigenvalue weighted by Crippen LogP contribution is -2.58. The van der Waals surface area contributed by atoms with Gasteiger partial charge < -0.3 is 4.90 Å². The molecule has 94 valence electrons. The van der Waals surface area contributed by atoms with Crippen LogP contribution in [0.5, 0.6) is 0 Å². The Hall–Kier alpha value is -0.120. The Balaban J connectivity index is 1.86. The monoisotopic (exact) mass is 225 g/mol. The second-order valence-electron chi connectivity index (χ2n) is 5.77. The summed E-state index contributed by atoms with van der Waals surface area (Å²) in [7, 11) is 2.23. The summed E-state index contributed by atoms with van der Waals surface area (Å²) in [6.45, 7) is 7.18. The van der Waals surface area contributed by atoms with Gasteiger partial charge in [0.05, 0.1) is 0 Å². The lowest BCUT2D eigenvalue weighted by atomic mass is 9.99. The number of piperidine rings is 2. The maximum atomic E-state index is 3.78. The minimum absolute atomic E-state index is 0.668. The van der Waals surface area contributed by atoms with E-state index in [1.165, 1.54) is 45.2 Å². The number of nitrogens with one attached hydrogen (secondary N) is 1. The third-order valence-electron chi connectivity index (χ3n) is 4.15. The Labute approximate surface area is 100 Å². The van der Waals surface area contributed by atoms with Crippen molar-refractivity contribution in [2.24, 2.45) is 0 Å². The standard InChI is InChI=1S/C13H27N3/c1-11-6-4-7-12(2)16(11)14-13-8-5-9-15(3)10-13/h11-14H,4-10H2,1-3H3. The van der Waals surface area contributed by atoms with Gasteiger partial charge in [0.15, 0.2) is 0 Å². The molecular formula is C13H27N3. The van der Waals surface area contributed by atoms with Gasteiger partial charge in [0.2, 0.25) is 0 Å². The first-order valence-corrected chi connectivity index (χ1v) is 6.90. The summed E-state index contributed by atoms with van der Waals surface area (Å²) in [5.41, 5.74) is 3.78. The molecule has 0 spiro atoms. The third-order valence-corrected chi connectivity index (χ3v) is 4.15. The average molecular weight is 225 g/mol. The van der Waals surface area contributed by atoms with Gasteiger partial charge in [-0.05, 0) is 53.1 Å². The normalized spacial score (nSPS) is 38.8. The fraction of sp³-hybridized carbons (Fsp3) is 1.00. The highest BCUT2D eigenvalue weighted by Crippen LogP contribution is 2.21. The van der Waals surface area contributed by atoms with Crippen LogP contribution in [0.25, 0.3) is 0 Å². The molecule has 0 aliphatic carbocycles. The van der Waals surface area contributed by atoms with E-state index in [1.54, 1.807) is 0 Å². The summed E-state index contributed by atoms with van der Waals surface area (Å²) < 4.78 is 0. The molecule has 0 aromatic carbocycles. The first-order valence-electron chi connectivity index (χ1n) is 6.90. The lowest BCUT2D eigenvalue weighted by Gasteiger charge is -2.43. The molecule has 0 aromatic rings. The molecule has 0 saturated carbocycles. The molecule has 2 heterocycles. The van der Waals surface area contributed by atoms with E-state index in [9.17, 15) is 0 Å². The van der Waals surface area contributed by atoms with Gasteiger partial charge in [-0.25, -0.2) is 5.01 Å². The molecule has 3 nitrogen and oxygen atoms in total. The van der Waals surface area contributed by atoms with Crippen LogP contribution >= 0.6 is 0 Å². The zero-order valence-corrected chi connectivity index (χ0v) is 11.1. The van der Waals surface area contributed by atoms with Crippen LogP contribution in [0.2, 0.25) is 0 Å². The molecule has 0 radical (unpaired) electrons. The zero-order valence-electron chi connectivity index (χ0n) is 11.1. The molecule has 2 rings (SSSR count). The maximum absolute atomic E-state index is 3.78. The predicted octanol–water partition coefficient (Wildman–Crippen LogP) is 1.85. The molecule has 0 amide bonds. The molecule has 2 fully saturated rings. The summed E-state index contributed by atoms with van der Waals surface area (Å²) in [6, 6.07) is 2.08. The van der Waals surface area contributed by atoms with Crippen molar-refractivity contribution < 1.29 is 0 Å². The van der Waals surface area contributed by atoms with Crippen LogP contribution < -0.4 is 5.43 Å². The van der Waals surface area contributed by atoms with Gasteiger partial charge in [0.25, 0.3) is 0 Å². The first kappa shape index (κ1) is 12.3. The van der Waals surface area contributed by atoms with E-state index in [2.05, 4.69) is 36.2 Å². The summed E-state index contributed by atoms with van der Waals surface area (Å²) >= 11 is 0. The fourth-order valence-corrected chi connectivity index (χ4v) is 3.16. The van der Waals surface area contributed by atoms with Crippen molar-refractivity contribution in [2.75, 3.05) is 20.1 Å². The number of hydrogen-bond donors (Lipinski definition) is 1. The highest BCUT2D eigenvalue weighted by molar-refractivity contribution is 4.81. The van der Waals surface area contributed by atoms with Crippen molar-refractivity contribution in [1.82, 2.24) is 15.3 Å². The Morgan fingerprint density at radius 2 is 1.69 bits per heavy atom. The Bertz CT molecular complexity index is 209. The minimum Gasteiger partial charge on any atom is -0.305 e. The summed E-state index contributed by atoms with van der Waals surface area (Å²) in [4.78, 5) is 2.44. The smallest absolute Gasteiger partial charge is 0.0343 e. The summed E-state index contributed by atoms with van der Waals surface area (Å²) in [5.74, 6) is 0. The van der Waals surface area contributed by atoms with Gasteiger partial charge >= 0.3 is 0 Å². The summed E-state index contributed by atoms with van der Waals surface area (Å²) in [5, 5.41) is 2.52. The summed E-state index contributed by atoms with van der Waals surface area (Å²) in [6.07, 6.45) is 6.76. The first-order chi connectivity index (χ1) is 7.66. The third kappa shape index (κ3) is 2.96. The number of likely N-dealkylation sites (N-methyl/N-ethyl adjacent to an activating group) is 1. The van der Waals surface area contributed by atoms with Gasteiger partial charge in [-0.15, -0.1) is 0 Å². The Morgan fingerprint density at radius 3 is 2.31 bits per heavy atom. The molecule has 1 N–H and O–H groups in total. The van der Waals surface area contributed by atoms with Gasteiger partial charge in [0.1, 0.15) is 0 Å². The minimum atomic E-state index is 0.668. The highest BCUT2D eigenvalue weighted by atomic mass is 15.5. The maximum Gasteiger partial charge on any atom is 0.0343 e. The highest BCUT2D eigenvalue weighted by Gasteiger charge is 2.27. The van der Waals surface area contributed by atoms with E-state index >= 15 is 0 Å². The molecule has 16 heavy (non-hydrogen) atoms. The molecule has 0 bridgehead atoms. The van der Waals surface area contributed by atoms with E-state index in [1.807, 2.05) is 0 Å². The molecule has 2 saturated heterocycles. The molecule has 3 unspecified atom stereocenters. The molecule has 3 heteroatoms. The Kier molecular flexibility index (Phi) is 4.22. The van der Waals surface area contributed by atoms with E-state index in [-0.39, 0.29) is 0 Å². The lowest BCUT2D eigenvalue weighted by molar-refractivity contribution is 0.0160. The van der Waals surface area contributed by atoms with Crippen LogP contribution in [-0.4, -0.2) is 48.2 Å². The Morgan fingerprint density at radius 1 is 1.00 bits per heavy atom. The molecule has 2 aliphatic rings. The van der Waals surface area contributed by atoms with E-state index in [0.29, 0.717) is 18.1 Å². The number of hydrogen-bond acceptors (Lipinski definition) is 3. The van der Waals surface area contributed by atoms with Crippen LogP contribution in [0.4, 0.5) is 0 Å². The van der Waals surface area contributed by atoms with E-state index in [0.717, 1.165) is 0 Å². The van der Waals surface area contributed by atoms with Crippen LogP contribution in [-0.2, 0) is 0 Å². The second kappa shape index (κ2) is 5.48. The molecular weight excluding hydrogens is 198 g/mol. The topological polar surface area (TPSA) is 18.5 Å². The quantitative estimate of drug-likeness (QED) is 0.774. The number of rotatable bonds is 2. The van der Waals surface area contributed by atoms with Crippen molar-refractivity contribution in [3.8, 4) is 0 Å². The van der Waals surface area contributed by atoms with Crippen LogP contribution in [0.15, 0.2) is 0 Å². The predicted molar refractivity (Wildman–Crippen MR) is 68.3 cm³/mol. The van der Waals surface area contributed by atoms with Gasteiger partial charge in [-0.1, -0.05) is 6.42 Å². The molecule has 3 atom stereocenters. The van der Waals surface area contributed by atoms with Crippen LogP contribution in [0.1, 0.15) is 46.0 Å². The number of nitrogens with zero attached hydrogens (tertiary/aromatic N) is 2. The van der Waals surface area contributed by atoms with Crippen LogP contribution in [0.3, 0.4) is 0 Å². The SMILES string of the molecule is CC1CCCC(C)N1NC1CCCN(C)C1. The van der Waals surface area contributed by atoms with Gasteiger partial charge in [0, 0.05) is 24.7 Å². The average Bonchev–Trinajstić information content (AvgIpc) is 2.24. The molecule has 2 aliphatic heterocycles. The number of likely N-dealkylation sites (tertiary alicyclic amines) is 1. The zero-order chi connectivity index (χ0) is 11.5. The van der Waals surface area contributed by atoms with Gasteiger partial charge in [-0.3, -0.25) is 5.43 Å². The van der Waals surface area contributed by atoms with Gasteiger partial charge in [-0.2, -0.15) is 0 Å². The van der Waals surface area contributed by atoms with Crippen molar-refractivity contribution in [3.63, 3.8) is 0 Å². The molecule has 0 aromatic heterocycles. The van der Waals surface area contributed by atoms with E-state index < -0.39 is 0 Å². The van der Waals surface area contributed by atoms with Crippen molar-refractivity contribution in [1.29, 1.82) is 0 Å². The largest absolute Gasteiger partial charge is 0.305 e. The van der Waals surface area contributed by atoms with Crippen molar-refractivity contribution in [3.05, 3.63) is 0 Å². The van der Waals surface area contributed by atoms with E-state index in [4.69, 9.17) is 0 Å².